The second kappa shape index (κ2) is 6.14. The molecule has 1 heterocycles. The first kappa shape index (κ1) is 14.0. The average molecular weight is 261 g/mol. The molecule has 1 aliphatic heterocycles. The van der Waals surface area contributed by atoms with Gasteiger partial charge in [0.15, 0.2) is 0 Å². The predicted octanol–water partition coefficient (Wildman–Crippen LogP) is 2.22. The summed E-state index contributed by atoms with van der Waals surface area (Å²) >= 11 is 0. The van der Waals surface area contributed by atoms with Crippen molar-refractivity contribution in [2.45, 2.75) is 26.4 Å². The van der Waals surface area contributed by atoms with Gasteiger partial charge in [-0.25, -0.2) is 4.39 Å². The minimum Gasteiger partial charge on any atom is -0.298 e. The first-order valence-electron chi connectivity index (χ1n) is 6.79. The van der Waals surface area contributed by atoms with Crippen LogP contribution in [-0.2, 0) is 6.54 Å². The van der Waals surface area contributed by atoms with E-state index in [0.717, 1.165) is 38.3 Å². The van der Waals surface area contributed by atoms with Crippen LogP contribution in [0.15, 0.2) is 18.2 Å². The fraction of sp³-hybridized carbons (Fsp3) is 0.533. The standard InChI is InChI=1S/C15H20FN3/c1-3-19-7-6-18(10-12(19)2)11-13-4-5-15(16)14(8-13)9-17/h4-5,8,12H,3,6-7,10-11H2,1-2H3. The molecular weight excluding hydrogens is 241 g/mol. The molecular formula is C15H20FN3. The topological polar surface area (TPSA) is 30.3 Å². The fourth-order valence-electron chi connectivity index (χ4n) is 2.70. The van der Waals surface area contributed by atoms with Crippen molar-refractivity contribution in [3.05, 3.63) is 35.1 Å². The summed E-state index contributed by atoms with van der Waals surface area (Å²) in [6.45, 7) is 9.42. The Kier molecular flexibility index (Phi) is 4.52. The van der Waals surface area contributed by atoms with E-state index >= 15 is 0 Å². The van der Waals surface area contributed by atoms with Crippen molar-refractivity contribution in [3.8, 4) is 6.07 Å². The van der Waals surface area contributed by atoms with Crippen molar-refractivity contribution in [2.75, 3.05) is 26.2 Å². The molecule has 0 radical (unpaired) electrons. The number of halogens is 1. The number of benzene rings is 1. The first-order chi connectivity index (χ1) is 9.13. The molecule has 0 aliphatic carbocycles. The van der Waals surface area contributed by atoms with Crippen molar-refractivity contribution in [3.63, 3.8) is 0 Å². The van der Waals surface area contributed by atoms with E-state index in [0.29, 0.717) is 6.04 Å². The van der Waals surface area contributed by atoms with E-state index in [2.05, 4.69) is 23.6 Å². The molecule has 3 nitrogen and oxygen atoms in total. The predicted molar refractivity (Wildman–Crippen MR) is 73.1 cm³/mol. The van der Waals surface area contributed by atoms with Gasteiger partial charge in [-0.15, -0.1) is 0 Å². The Labute approximate surface area is 114 Å². The summed E-state index contributed by atoms with van der Waals surface area (Å²) in [5, 5.41) is 8.85. The highest BCUT2D eigenvalue weighted by atomic mass is 19.1. The van der Waals surface area contributed by atoms with Crippen LogP contribution in [0.5, 0.6) is 0 Å². The molecule has 1 aromatic rings. The molecule has 1 aromatic carbocycles. The lowest BCUT2D eigenvalue weighted by Gasteiger charge is -2.39. The summed E-state index contributed by atoms with van der Waals surface area (Å²) in [4.78, 5) is 4.83. The largest absolute Gasteiger partial charge is 0.298 e. The Morgan fingerprint density at radius 3 is 2.84 bits per heavy atom. The van der Waals surface area contributed by atoms with E-state index in [1.807, 2.05) is 6.07 Å². The summed E-state index contributed by atoms with van der Waals surface area (Å²) in [5.74, 6) is -0.435. The quantitative estimate of drug-likeness (QED) is 0.836. The van der Waals surface area contributed by atoms with Gasteiger partial charge < -0.3 is 0 Å². The fourth-order valence-corrected chi connectivity index (χ4v) is 2.70. The van der Waals surface area contributed by atoms with Gasteiger partial charge in [-0.3, -0.25) is 9.80 Å². The molecule has 0 N–H and O–H groups in total. The van der Waals surface area contributed by atoms with E-state index in [-0.39, 0.29) is 5.56 Å². The molecule has 0 amide bonds. The first-order valence-corrected chi connectivity index (χ1v) is 6.79. The van der Waals surface area contributed by atoms with Gasteiger partial charge in [-0.05, 0) is 31.2 Å². The Morgan fingerprint density at radius 2 is 2.21 bits per heavy atom. The Hall–Kier alpha value is -1.44. The molecule has 1 atom stereocenters. The zero-order valence-corrected chi connectivity index (χ0v) is 11.6. The van der Waals surface area contributed by atoms with Crippen LogP contribution in [0.1, 0.15) is 25.0 Å². The lowest BCUT2D eigenvalue weighted by atomic mass is 10.1. The Bertz CT molecular complexity index is 481. The van der Waals surface area contributed by atoms with E-state index in [1.54, 1.807) is 12.1 Å². The van der Waals surface area contributed by atoms with Gasteiger partial charge in [-0.2, -0.15) is 5.26 Å². The van der Waals surface area contributed by atoms with Crippen molar-refractivity contribution in [1.29, 1.82) is 5.26 Å². The summed E-state index contributed by atoms with van der Waals surface area (Å²) in [7, 11) is 0. The monoisotopic (exact) mass is 261 g/mol. The molecule has 1 saturated heterocycles. The number of nitrogens with zero attached hydrogens (tertiary/aromatic N) is 3. The SMILES string of the molecule is CCN1CCN(Cc2ccc(F)c(C#N)c2)CC1C. The molecule has 1 fully saturated rings. The molecule has 0 bridgehead atoms. The third-order valence-electron chi connectivity index (χ3n) is 3.81. The lowest BCUT2D eigenvalue weighted by molar-refractivity contribution is 0.0834. The van der Waals surface area contributed by atoms with Gasteiger partial charge in [0.2, 0.25) is 0 Å². The van der Waals surface area contributed by atoms with Crippen molar-refractivity contribution in [2.24, 2.45) is 0 Å². The van der Waals surface area contributed by atoms with Crippen molar-refractivity contribution >= 4 is 0 Å². The van der Waals surface area contributed by atoms with E-state index in [4.69, 9.17) is 5.26 Å². The molecule has 19 heavy (non-hydrogen) atoms. The third kappa shape index (κ3) is 3.31. The van der Waals surface area contributed by atoms with Crippen molar-refractivity contribution in [1.82, 2.24) is 9.80 Å². The van der Waals surface area contributed by atoms with Crippen LogP contribution in [0.25, 0.3) is 0 Å². The molecule has 0 spiro atoms. The van der Waals surface area contributed by atoms with Crippen LogP contribution in [0.2, 0.25) is 0 Å². The average Bonchev–Trinajstić information content (AvgIpc) is 2.41. The van der Waals surface area contributed by atoms with Crippen LogP contribution in [0, 0.1) is 17.1 Å². The van der Waals surface area contributed by atoms with Gasteiger partial charge in [0.05, 0.1) is 5.56 Å². The Morgan fingerprint density at radius 1 is 1.42 bits per heavy atom. The van der Waals surface area contributed by atoms with Crippen LogP contribution in [0.3, 0.4) is 0 Å². The highest BCUT2D eigenvalue weighted by Gasteiger charge is 2.22. The van der Waals surface area contributed by atoms with E-state index < -0.39 is 5.82 Å². The maximum atomic E-state index is 13.3. The number of rotatable bonds is 3. The molecule has 1 unspecified atom stereocenters. The number of hydrogen-bond acceptors (Lipinski definition) is 3. The summed E-state index contributed by atoms with van der Waals surface area (Å²) in [5.41, 5.74) is 1.15. The summed E-state index contributed by atoms with van der Waals surface area (Å²) < 4.78 is 13.3. The zero-order valence-electron chi connectivity index (χ0n) is 11.6. The second-order valence-electron chi connectivity index (χ2n) is 5.14. The number of hydrogen-bond donors (Lipinski definition) is 0. The van der Waals surface area contributed by atoms with Gasteiger partial charge in [0.25, 0.3) is 0 Å². The minimum absolute atomic E-state index is 0.137. The second-order valence-corrected chi connectivity index (χ2v) is 5.14. The van der Waals surface area contributed by atoms with Crippen LogP contribution < -0.4 is 0 Å². The van der Waals surface area contributed by atoms with Gasteiger partial charge >= 0.3 is 0 Å². The number of piperazine rings is 1. The third-order valence-corrected chi connectivity index (χ3v) is 3.81. The highest BCUT2D eigenvalue weighted by Crippen LogP contribution is 2.15. The lowest BCUT2D eigenvalue weighted by Crippen LogP contribution is -2.51. The molecule has 0 saturated carbocycles. The molecule has 2 rings (SSSR count). The highest BCUT2D eigenvalue weighted by molar-refractivity contribution is 5.34. The maximum absolute atomic E-state index is 13.3. The Balaban J connectivity index is 2.01. The van der Waals surface area contributed by atoms with Crippen LogP contribution in [0.4, 0.5) is 4.39 Å². The number of likely N-dealkylation sites (N-methyl/N-ethyl adjacent to an activating group) is 1. The van der Waals surface area contributed by atoms with Gasteiger partial charge in [0.1, 0.15) is 11.9 Å². The van der Waals surface area contributed by atoms with Crippen molar-refractivity contribution < 1.29 is 4.39 Å². The van der Waals surface area contributed by atoms with Crippen LogP contribution >= 0.6 is 0 Å². The summed E-state index contributed by atoms with van der Waals surface area (Å²) in [6.07, 6.45) is 0. The zero-order chi connectivity index (χ0) is 13.8. The molecule has 1 aliphatic rings. The van der Waals surface area contributed by atoms with Crippen LogP contribution in [-0.4, -0.2) is 42.0 Å². The van der Waals surface area contributed by atoms with E-state index in [1.165, 1.54) is 6.07 Å². The normalized spacial score (nSPS) is 21.3. The summed E-state index contributed by atoms with van der Waals surface area (Å²) in [6, 6.07) is 7.26. The molecule has 0 aromatic heterocycles. The minimum atomic E-state index is -0.435. The molecule has 4 heteroatoms. The smallest absolute Gasteiger partial charge is 0.140 e. The maximum Gasteiger partial charge on any atom is 0.140 e. The van der Waals surface area contributed by atoms with Gasteiger partial charge in [0, 0.05) is 32.2 Å². The van der Waals surface area contributed by atoms with E-state index in [9.17, 15) is 4.39 Å². The molecule has 102 valence electrons. The van der Waals surface area contributed by atoms with Gasteiger partial charge in [-0.1, -0.05) is 13.0 Å². The number of nitriles is 1.